The standard InChI is InChI=1S/C15H12ClFN2OS/c1-2-8-6-7-21-14(8)13-11(15(18)20-19-13)9-4-3-5-10(16)12(9)17/h3-7H,2,18H2,1H3. The number of aromatic nitrogens is 1. The summed E-state index contributed by atoms with van der Waals surface area (Å²) in [7, 11) is 0. The van der Waals surface area contributed by atoms with Crippen LogP contribution in [0.3, 0.4) is 0 Å². The van der Waals surface area contributed by atoms with Crippen molar-refractivity contribution >= 4 is 28.8 Å². The van der Waals surface area contributed by atoms with Crippen LogP contribution in [0.4, 0.5) is 10.3 Å². The van der Waals surface area contributed by atoms with Crippen molar-refractivity contribution in [3.63, 3.8) is 0 Å². The van der Waals surface area contributed by atoms with Crippen molar-refractivity contribution in [2.24, 2.45) is 0 Å². The fraction of sp³-hybridized carbons (Fsp3) is 0.133. The van der Waals surface area contributed by atoms with Gasteiger partial charge in [0, 0.05) is 5.56 Å². The van der Waals surface area contributed by atoms with Gasteiger partial charge in [0.15, 0.2) is 0 Å². The van der Waals surface area contributed by atoms with Gasteiger partial charge in [-0.1, -0.05) is 35.8 Å². The molecule has 108 valence electrons. The van der Waals surface area contributed by atoms with E-state index in [0.29, 0.717) is 16.8 Å². The number of benzene rings is 1. The number of halogens is 2. The van der Waals surface area contributed by atoms with Crippen molar-refractivity contribution in [1.29, 1.82) is 0 Å². The minimum atomic E-state index is -0.523. The van der Waals surface area contributed by atoms with Gasteiger partial charge < -0.3 is 10.3 Å². The van der Waals surface area contributed by atoms with E-state index in [1.165, 1.54) is 17.4 Å². The molecule has 0 aliphatic rings. The van der Waals surface area contributed by atoms with Crippen LogP contribution in [0, 0.1) is 5.82 Å². The van der Waals surface area contributed by atoms with E-state index in [1.807, 2.05) is 11.4 Å². The van der Waals surface area contributed by atoms with Gasteiger partial charge in [0.05, 0.1) is 15.5 Å². The highest BCUT2D eigenvalue weighted by atomic mass is 35.5. The maximum Gasteiger partial charge on any atom is 0.230 e. The summed E-state index contributed by atoms with van der Waals surface area (Å²) >= 11 is 7.38. The maximum absolute atomic E-state index is 14.3. The topological polar surface area (TPSA) is 52.0 Å². The first-order valence-corrected chi connectivity index (χ1v) is 7.65. The molecule has 3 rings (SSSR count). The van der Waals surface area contributed by atoms with E-state index in [2.05, 4.69) is 12.1 Å². The average molecular weight is 323 g/mol. The normalized spacial score (nSPS) is 11.0. The smallest absolute Gasteiger partial charge is 0.230 e. The van der Waals surface area contributed by atoms with Crippen molar-refractivity contribution in [2.45, 2.75) is 13.3 Å². The Kier molecular flexibility index (Phi) is 3.69. The second-order valence-electron chi connectivity index (χ2n) is 4.50. The van der Waals surface area contributed by atoms with Gasteiger partial charge in [0.2, 0.25) is 5.88 Å². The van der Waals surface area contributed by atoms with Gasteiger partial charge in [-0.25, -0.2) is 4.39 Å². The summed E-state index contributed by atoms with van der Waals surface area (Å²) in [4.78, 5) is 0.937. The van der Waals surface area contributed by atoms with Crippen LogP contribution in [0.1, 0.15) is 12.5 Å². The van der Waals surface area contributed by atoms with Crippen LogP contribution in [-0.2, 0) is 6.42 Å². The molecular weight excluding hydrogens is 311 g/mol. The van der Waals surface area contributed by atoms with E-state index < -0.39 is 5.82 Å². The summed E-state index contributed by atoms with van der Waals surface area (Å²) in [6, 6.07) is 6.80. The van der Waals surface area contributed by atoms with Crippen LogP contribution < -0.4 is 5.73 Å². The first-order chi connectivity index (χ1) is 10.1. The summed E-state index contributed by atoms with van der Waals surface area (Å²) in [5.74, 6) is -0.438. The molecule has 6 heteroatoms. The molecule has 0 fully saturated rings. The van der Waals surface area contributed by atoms with Crippen molar-refractivity contribution in [3.05, 3.63) is 46.0 Å². The number of aryl methyl sites for hydroxylation is 1. The number of nitrogen functional groups attached to an aromatic ring is 1. The molecule has 0 spiro atoms. The molecule has 2 N–H and O–H groups in total. The Morgan fingerprint density at radius 3 is 2.95 bits per heavy atom. The minimum Gasteiger partial charge on any atom is -0.367 e. The highest BCUT2D eigenvalue weighted by Crippen LogP contribution is 2.41. The Morgan fingerprint density at radius 2 is 2.19 bits per heavy atom. The number of hydrogen-bond acceptors (Lipinski definition) is 4. The molecule has 0 saturated heterocycles. The predicted molar refractivity (Wildman–Crippen MR) is 84.0 cm³/mol. The number of hydrogen-bond donors (Lipinski definition) is 1. The van der Waals surface area contributed by atoms with Gasteiger partial charge in [-0.05, 0) is 29.5 Å². The third kappa shape index (κ3) is 2.32. The molecule has 0 radical (unpaired) electrons. The van der Waals surface area contributed by atoms with E-state index in [9.17, 15) is 4.39 Å². The molecule has 0 bridgehead atoms. The van der Waals surface area contributed by atoms with Crippen LogP contribution in [0.5, 0.6) is 0 Å². The Balaban J connectivity index is 2.25. The molecule has 2 heterocycles. The van der Waals surface area contributed by atoms with Crippen LogP contribution >= 0.6 is 22.9 Å². The number of nitrogens with zero attached hydrogens (tertiary/aromatic N) is 1. The fourth-order valence-corrected chi connectivity index (χ4v) is 3.39. The van der Waals surface area contributed by atoms with Crippen molar-refractivity contribution in [1.82, 2.24) is 5.16 Å². The van der Waals surface area contributed by atoms with Gasteiger partial charge in [-0.2, -0.15) is 0 Å². The summed E-state index contributed by atoms with van der Waals surface area (Å²) in [6.07, 6.45) is 0.850. The monoisotopic (exact) mass is 322 g/mol. The molecule has 3 nitrogen and oxygen atoms in total. The zero-order valence-corrected chi connectivity index (χ0v) is 12.8. The lowest BCUT2D eigenvalue weighted by Gasteiger charge is -2.05. The molecule has 0 unspecified atom stereocenters. The van der Waals surface area contributed by atoms with Crippen LogP contribution in [-0.4, -0.2) is 5.16 Å². The van der Waals surface area contributed by atoms with Gasteiger partial charge >= 0.3 is 0 Å². The Bertz CT molecular complexity index is 797. The SMILES string of the molecule is CCc1ccsc1-c1noc(N)c1-c1cccc(Cl)c1F. The van der Waals surface area contributed by atoms with Gasteiger partial charge in [-0.3, -0.25) is 0 Å². The predicted octanol–water partition coefficient (Wildman–Crippen LogP) is 5.01. The molecular formula is C15H12ClFN2OS. The summed E-state index contributed by atoms with van der Waals surface area (Å²) in [5, 5.41) is 6.03. The lowest BCUT2D eigenvalue weighted by molar-refractivity contribution is 0.439. The summed E-state index contributed by atoms with van der Waals surface area (Å²) in [6.45, 7) is 2.05. The molecule has 0 saturated carbocycles. The number of anilines is 1. The second-order valence-corrected chi connectivity index (χ2v) is 5.82. The maximum atomic E-state index is 14.3. The van der Waals surface area contributed by atoms with Gasteiger partial charge in [0.25, 0.3) is 0 Å². The third-order valence-corrected chi connectivity index (χ3v) is 4.54. The zero-order chi connectivity index (χ0) is 15.0. The van der Waals surface area contributed by atoms with E-state index in [1.54, 1.807) is 12.1 Å². The Morgan fingerprint density at radius 1 is 1.38 bits per heavy atom. The number of rotatable bonds is 3. The van der Waals surface area contributed by atoms with E-state index in [4.69, 9.17) is 21.9 Å². The average Bonchev–Trinajstić information content (AvgIpc) is 3.08. The molecule has 0 aliphatic heterocycles. The Hall–Kier alpha value is -1.85. The number of nitrogens with two attached hydrogens (primary N) is 1. The van der Waals surface area contributed by atoms with Crippen molar-refractivity contribution in [3.8, 4) is 21.7 Å². The van der Waals surface area contributed by atoms with Gasteiger partial charge in [-0.15, -0.1) is 11.3 Å². The zero-order valence-electron chi connectivity index (χ0n) is 11.2. The summed E-state index contributed by atoms with van der Waals surface area (Å²) < 4.78 is 19.4. The molecule has 21 heavy (non-hydrogen) atoms. The van der Waals surface area contributed by atoms with Crippen molar-refractivity contribution < 1.29 is 8.91 Å². The van der Waals surface area contributed by atoms with E-state index in [0.717, 1.165) is 16.9 Å². The van der Waals surface area contributed by atoms with E-state index in [-0.39, 0.29) is 10.9 Å². The molecule has 0 aliphatic carbocycles. The molecule has 0 atom stereocenters. The number of thiophene rings is 1. The third-order valence-electron chi connectivity index (χ3n) is 3.28. The highest BCUT2D eigenvalue weighted by Gasteiger charge is 2.23. The largest absolute Gasteiger partial charge is 0.367 e. The van der Waals surface area contributed by atoms with Crippen LogP contribution in [0.2, 0.25) is 5.02 Å². The first-order valence-electron chi connectivity index (χ1n) is 6.39. The minimum absolute atomic E-state index is 0.0425. The molecule has 0 amide bonds. The highest BCUT2D eigenvalue weighted by molar-refractivity contribution is 7.13. The second kappa shape index (κ2) is 5.50. The Labute approximate surface area is 130 Å². The lowest BCUT2D eigenvalue weighted by atomic mass is 10.0. The molecule has 2 aromatic heterocycles. The quantitative estimate of drug-likeness (QED) is 0.737. The first kappa shape index (κ1) is 14.1. The lowest BCUT2D eigenvalue weighted by Crippen LogP contribution is -1.92. The van der Waals surface area contributed by atoms with Crippen LogP contribution in [0.15, 0.2) is 34.2 Å². The van der Waals surface area contributed by atoms with Gasteiger partial charge in [0.1, 0.15) is 11.5 Å². The fourth-order valence-electron chi connectivity index (χ4n) is 2.24. The van der Waals surface area contributed by atoms with Crippen molar-refractivity contribution in [2.75, 3.05) is 5.73 Å². The summed E-state index contributed by atoms with van der Waals surface area (Å²) in [5.41, 5.74) is 8.28. The molecule has 1 aromatic carbocycles. The van der Waals surface area contributed by atoms with Crippen LogP contribution in [0.25, 0.3) is 21.7 Å². The van der Waals surface area contributed by atoms with E-state index >= 15 is 0 Å². The molecule has 3 aromatic rings.